The van der Waals surface area contributed by atoms with Gasteiger partial charge in [0, 0.05) is 31.8 Å². The van der Waals surface area contributed by atoms with Crippen LogP contribution in [0.25, 0.3) is 0 Å². The highest BCUT2D eigenvalue weighted by Gasteiger charge is 2.35. The maximum atomic E-state index is 14.3. The molecule has 5 nitrogen and oxygen atoms in total. The normalized spacial score (nSPS) is 18.7. The van der Waals surface area contributed by atoms with Gasteiger partial charge < -0.3 is 14.8 Å². The summed E-state index contributed by atoms with van der Waals surface area (Å²) in [6.07, 6.45) is -0.533. The van der Waals surface area contributed by atoms with Crippen molar-refractivity contribution >= 4 is 6.09 Å². The molecule has 2 rings (SSSR count). The van der Waals surface area contributed by atoms with E-state index in [1.54, 1.807) is 20.8 Å². The number of hydrogen-bond donors (Lipinski definition) is 1. The number of benzene rings is 1. The predicted octanol–water partition coefficient (Wildman–Crippen LogP) is 2.85. The highest BCUT2D eigenvalue weighted by molar-refractivity contribution is 5.69. The van der Waals surface area contributed by atoms with Gasteiger partial charge in [0.2, 0.25) is 0 Å². The Morgan fingerprint density at radius 2 is 2.04 bits per heavy atom. The van der Waals surface area contributed by atoms with Crippen LogP contribution in [-0.4, -0.2) is 43.3 Å². The number of halogens is 2. The Morgan fingerprint density at radius 1 is 1.35 bits per heavy atom. The van der Waals surface area contributed by atoms with Crippen LogP contribution in [0.15, 0.2) is 12.1 Å². The molecule has 1 aromatic rings. The van der Waals surface area contributed by atoms with Crippen LogP contribution in [0.5, 0.6) is 5.75 Å². The van der Waals surface area contributed by atoms with Crippen LogP contribution < -0.4 is 10.1 Å². The first kappa shape index (κ1) is 17.5. The Kier molecular flexibility index (Phi) is 5.09. The summed E-state index contributed by atoms with van der Waals surface area (Å²) >= 11 is 0. The van der Waals surface area contributed by atoms with Crippen molar-refractivity contribution in [3.05, 3.63) is 29.3 Å². The van der Waals surface area contributed by atoms with Crippen molar-refractivity contribution in [3.63, 3.8) is 0 Å². The molecule has 0 saturated carbocycles. The quantitative estimate of drug-likeness (QED) is 0.907. The van der Waals surface area contributed by atoms with E-state index in [9.17, 15) is 13.6 Å². The van der Waals surface area contributed by atoms with Crippen molar-refractivity contribution in [3.8, 4) is 5.75 Å². The second kappa shape index (κ2) is 6.70. The second-order valence-electron chi connectivity index (χ2n) is 6.40. The molecule has 1 aromatic carbocycles. The number of carbonyl (C=O) groups is 1. The molecule has 128 valence electrons. The number of methoxy groups -OCH3 is 1. The third-order valence-corrected chi connectivity index (χ3v) is 3.48. The summed E-state index contributed by atoms with van der Waals surface area (Å²) in [6.45, 7) is 6.56. The highest BCUT2D eigenvalue weighted by Crippen LogP contribution is 2.34. The van der Waals surface area contributed by atoms with Crippen molar-refractivity contribution < 1.29 is 23.0 Å². The summed E-state index contributed by atoms with van der Waals surface area (Å²) in [5, 5.41) is 3.11. The zero-order chi connectivity index (χ0) is 17.2. The Morgan fingerprint density at radius 3 is 2.65 bits per heavy atom. The van der Waals surface area contributed by atoms with E-state index in [1.165, 1.54) is 12.0 Å². The number of rotatable bonds is 2. The van der Waals surface area contributed by atoms with E-state index in [4.69, 9.17) is 9.47 Å². The minimum atomic E-state index is -0.746. The zero-order valence-electron chi connectivity index (χ0n) is 13.8. The van der Waals surface area contributed by atoms with Crippen LogP contribution in [0.3, 0.4) is 0 Å². The van der Waals surface area contributed by atoms with Crippen LogP contribution in [-0.2, 0) is 4.74 Å². The maximum absolute atomic E-state index is 14.3. The number of amides is 1. The van der Waals surface area contributed by atoms with E-state index in [1.807, 2.05) is 0 Å². The summed E-state index contributed by atoms with van der Waals surface area (Å²) in [6, 6.07) is 1.27. The third kappa shape index (κ3) is 4.10. The van der Waals surface area contributed by atoms with Crippen LogP contribution in [0.4, 0.5) is 13.6 Å². The second-order valence-corrected chi connectivity index (χ2v) is 6.40. The van der Waals surface area contributed by atoms with E-state index in [-0.39, 0.29) is 11.3 Å². The lowest BCUT2D eigenvalue weighted by Gasteiger charge is -2.37. The summed E-state index contributed by atoms with van der Waals surface area (Å²) in [7, 11) is 1.34. The van der Waals surface area contributed by atoms with E-state index >= 15 is 0 Å². The summed E-state index contributed by atoms with van der Waals surface area (Å²) < 4.78 is 38.2. The van der Waals surface area contributed by atoms with E-state index < -0.39 is 29.4 Å². The van der Waals surface area contributed by atoms with Gasteiger partial charge in [0.15, 0.2) is 0 Å². The van der Waals surface area contributed by atoms with Crippen LogP contribution >= 0.6 is 0 Å². The fourth-order valence-corrected chi connectivity index (χ4v) is 2.55. The lowest BCUT2D eigenvalue weighted by molar-refractivity contribution is 0.0112. The molecular weight excluding hydrogens is 306 g/mol. The van der Waals surface area contributed by atoms with Gasteiger partial charge >= 0.3 is 6.09 Å². The first-order valence-electron chi connectivity index (χ1n) is 7.46. The SMILES string of the molecule is COc1cc(F)cc(F)c1C1CNCCN1C(=O)OC(C)(C)C. The summed E-state index contributed by atoms with van der Waals surface area (Å²) in [5.41, 5.74) is -0.509. The summed E-state index contributed by atoms with van der Waals surface area (Å²) in [4.78, 5) is 13.9. The maximum Gasteiger partial charge on any atom is 0.410 e. The van der Waals surface area contributed by atoms with Gasteiger partial charge in [0.1, 0.15) is 23.0 Å². The van der Waals surface area contributed by atoms with Gasteiger partial charge in [0.05, 0.1) is 18.7 Å². The average Bonchev–Trinajstić information content (AvgIpc) is 2.44. The summed E-state index contributed by atoms with van der Waals surface area (Å²) in [5.74, 6) is -1.40. The molecule has 0 bridgehead atoms. The molecule has 1 N–H and O–H groups in total. The first-order valence-corrected chi connectivity index (χ1v) is 7.46. The molecule has 1 fully saturated rings. The molecule has 0 aromatic heterocycles. The molecule has 23 heavy (non-hydrogen) atoms. The number of ether oxygens (including phenoxy) is 2. The van der Waals surface area contributed by atoms with Crippen molar-refractivity contribution in [2.75, 3.05) is 26.7 Å². The van der Waals surface area contributed by atoms with Gasteiger partial charge in [0.25, 0.3) is 0 Å². The molecule has 1 atom stereocenters. The molecule has 1 saturated heterocycles. The van der Waals surface area contributed by atoms with E-state index in [0.29, 0.717) is 19.6 Å². The molecule has 1 aliphatic heterocycles. The molecule has 1 heterocycles. The molecule has 0 aliphatic carbocycles. The van der Waals surface area contributed by atoms with Crippen molar-refractivity contribution in [2.45, 2.75) is 32.4 Å². The number of nitrogens with zero attached hydrogens (tertiary/aromatic N) is 1. The molecule has 0 spiro atoms. The molecule has 7 heteroatoms. The average molecular weight is 328 g/mol. The van der Waals surface area contributed by atoms with Crippen LogP contribution in [0.2, 0.25) is 0 Å². The lowest BCUT2D eigenvalue weighted by atomic mass is 10.0. The smallest absolute Gasteiger partial charge is 0.410 e. The van der Waals surface area contributed by atoms with Gasteiger partial charge in [-0.05, 0) is 20.8 Å². The van der Waals surface area contributed by atoms with Gasteiger partial charge in [-0.25, -0.2) is 13.6 Å². The topological polar surface area (TPSA) is 50.8 Å². The zero-order valence-corrected chi connectivity index (χ0v) is 13.8. The highest BCUT2D eigenvalue weighted by atomic mass is 19.1. The fraction of sp³-hybridized carbons (Fsp3) is 0.562. The fourth-order valence-electron chi connectivity index (χ4n) is 2.55. The van der Waals surface area contributed by atoms with E-state index in [0.717, 1.165) is 12.1 Å². The van der Waals surface area contributed by atoms with Gasteiger partial charge in [-0.1, -0.05) is 0 Å². The molecule has 1 unspecified atom stereocenters. The minimum Gasteiger partial charge on any atom is -0.496 e. The predicted molar refractivity (Wildman–Crippen MR) is 81.5 cm³/mol. The molecule has 1 aliphatic rings. The molecule has 0 radical (unpaired) electrons. The Balaban J connectivity index is 2.37. The van der Waals surface area contributed by atoms with Gasteiger partial charge in [-0.15, -0.1) is 0 Å². The van der Waals surface area contributed by atoms with Gasteiger partial charge in [-0.2, -0.15) is 0 Å². The first-order chi connectivity index (χ1) is 10.7. The number of piperazine rings is 1. The number of nitrogens with one attached hydrogen (secondary N) is 1. The van der Waals surface area contributed by atoms with Crippen LogP contribution in [0.1, 0.15) is 32.4 Å². The minimum absolute atomic E-state index is 0.0739. The number of hydrogen-bond acceptors (Lipinski definition) is 4. The van der Waals surface area contributed by atoms with Crippen molar-refractivity contribution in [1.82, 2.24) is 10.2 Å². The molecule has 1 amide bonds. The van der Waals surface area contributed by atoms with Crippen molar-refractivity contribution in [2.24, 2.45) is 0 Å². The molecular formula is C16H22F2N2O3. The third-order valence-electron chi connectivity index (χ3n) is 3.48. The monoisotopic (exact) mass is 328 g/mol. The largest absolute Gasteiger partial charge is 0.496 e. The van der Waals surface area contributed by atoms with Crippen LogP contribution in [0, 0.1) is 11.6 Å². The Labute approximate surface area is 134 Å². The van der Waals surface area contributed by atoms with E-state index in [2.05, 4.69) is 5.32 Å². The lowest BCUT2D eigenvalue weighted by Crippen LogP contribution is -2.50. The Hall–Kier alpha value is -1.89. The standard InChI is InChI=1S/C16H22F2N2O3/c1-16(2,3)23-15(21)20-6-5-19-9-12(20)14-11(18)7-10(17)8-13(14)22-4/h7-8,12,19H,5-6,9H2,1-4H3. The van der Waals surface area contributed by atoms with Crippen molar-refractivity contribution in [1.29, 1.82) is 0 Å². The van der Waals surface area contributed by atoms with Gasteiger partial charge in [-0.3, -0.25) is 4.90 Å². The Bertz CT molecular complexity index is 587. The number of carbonyl (C=O) groups excluding carboxylic acids is 1.